The number of nitrogens with zero attached hydrogens (tertiary/aromatic N) is 1. The number of rotatable bonds is 6. The molecule has 0 aliphatic carbocycles. The molecule has 1 aliphatic rings. The Morgan fingerprint density at radius 2 is 2.11 bits per heavy atom. The molecule has 2 unspecified atom stereocenters. The van der Waals surface area contributed by atoms with E-state index in [9.17, 15) is 14.7 Å². The van der Waals surface area contributed by atoms with Gasteiger partial charge in [-0.05, 0) is 39.0 Å². The first-order valence-electron chi connectivity index (χ1n) is 7.05. The van der Waals surface area contributed by atoms with Crippen LogP contribution in [0.5, 0.6) is 0 Å². The highest BCUT2D eigenvalue weighted by Crippen LogP contribution is 2.23. The lowest BCUT2D eigenvalue weighted by Crippen LogP contribution is -2.49. The lowest BCUT2D eigenvalue weighted by atomic mass is 9.92. The highest BCUT2D eigenvalue weighted by molar-refractivity contribution is 5.83. The summed E-state index contributed by atoms with van der Waals surface area (Å²) in [5, 5.41) is 9.20. The molecule has 0 bridgehead atoms. The van der Waals surface area contributed by atoms with Gasteiger partial charge in [0.05, 0.1) is 6.10 Å². The predicted octanol–water partition coefficient (Wildman–Crippen LogP) is 1.90. The van der Waals surface area contributed by atoms with Crippen LogP contribution in [0.3, 0.4) is 0 Å². The minimum atomic E-state index is -0.890. The van der Waals surface area contributed by atoms with Gasteiger partial charge >= 0.3 is 5.97 Å². The smallest absolute Gasteiger partial charge is 0.326 e. The first-order valence-corrected chi connectivity index (χ1v) is 7.05. The summed E-state index contributed by atoms with van der Waals surface area (Å²) < 4.78 is 5.38. The zero-order chi connectivity index (χ0) is 14.4. The number of hydrogen-bond acceptors (Lipinski definition) is 3. The molecule has 110 valence electrons. The molecule has 1 saturated heterocycles. The van der Waals surface area contributed by atoms with Gasteiger partial charge in [-0.25, -0.2) is 4.79 Å². The molecule has 0 aromatic heterocycles. The molecule has 1 heterocycles. The van der Waals surface area contributed by atoms with Crippen LogP contribution in [0, 0.1) is 5.92 Å². The van der Waals surface area contributed by atoms with E-state index in [4.69, 9.17) is 4.74 Å². The van der Waals surface area contributed by atoms with Crippen LogP contribution < -0.4 is 0 Å². The normalized spacial score (nSPS) is 23.7. The number of carbonyl (C=O) groups is 2. The standard InChI is InChI=1S/C14H25NO4/c1-10(2)19-8-4-5-13(16)15-7-6-11(3)9-12(15)14(17)18/h10-12H,4-9H2,1-3H3,(H,17,18). The van der Waals surface area contributed by atoms with Crippen molar-refractivity contribution >= 4 is 11.9 Å². The topological polar surface area (TPSA) is 66.8 Å². The zero-order valence-electron chi connectivity index (χ0n) is 12.1. The van der Waals surface area contributed by atoms with Crippen molar-refractivity contribution in [3.63, 3.8) is 0 Å². The summed E-state index contributed by atoms with van der Waals surface area (Å²) in [5.74, 6) is -0.584. The van der Waals surface area contributed by atoms with Gasteiger partial charge in [0, 0.05) is 19.6 Å². The van der Waals surface area contributed by atoms with Crippen LogP contribution in [0.1, 0.15) is 46.5 Å². The van der Waals surface area contributed by atoms with Crippen molar-refractivity contribution in [2.45, 2.75) is 58.6 Å². The first kappa shape index (κ1) is 16.0. The maximum Gasteiger partial charge on any atom is 0.326 e. The molecule has 0 radical (unpaired) electrons. The van der Waals surface area contributed by atoms with Crippen molar-refractivity contribution in [1.29, 1.82) is 0 Å². The summed E-state index contributed by atoms with van der Waals surface area (Å²) in [5.41, 5.74) is 0. The molecule has 19 heavy (non-hydrogen) atoms. The number of amides is 1. The fraction of sp³-hybridized carbons (Fsp3) is 0.857. The van der Waals surface area contributed by atoms with E-state index in [1.807, 2.05) is 20.8 Å². The van der Waals surface area contributed by atoms with Gasteiger partial charge in [-0.3, -0.25) is 4.79 Å². The van der Waals surface area contributed by atoms with Crippen molar-refractivity contribution in [2.24, 2.45) is 5.92 Å². The minimum Gasteiger partial charge on any atom is -0.480 e. The average Bonchev–Trinajstić information content (AvgIpc) is 2.33. The molecule has 1 N–H and O–H groups in total. The first-order chi connectivity index (χ1) is 8.91. The Bertz CT molecular complexity index is 317. The Morgan fingerprint density at radius 3 is 2.68 bits per heavy atom. The van der Waals surface area contributed by atoms with Crippen LogP contribution in [0.25, 0.3) is 0 Å². The predicted molar refractivity (Wildman–Crippen MR) is 71.9 cm³/mol. The van der Waals surface area contributed by atoms with Crippen LogP contribution in [-0.4, -0.2) is 47.2 Å². The van der Waals surface area contributed by atoms with Gasteiger partial charge in [-0.2, -0.15) is 0 Å². The summed E-state index contributed by atoms with van der Waals surface area (Å²) in [6, 6.07) is -0.651. The molecule has 1 fully saturated rings. The molecule has 0 spiro atoms. The maximum absolute atomic E-state index is 12.1. The van der Waals surface area contributed by atoms with Gasteiger partial charge in [0.1, 0.15) is 6.04 Å². The highest BCUT2D eigenvalue weighted by atomic mass is 16.5. The zero-order valence-corrected chi connectivity index (χ0v) is 12.1. The van der Waals surface area contributed by atoms with Crippen molar-refractivity contribution in [3.05, 3.63) is 0 Å². The van der Waals surface area contributed by atoms with Gasteiger partial charge in [-0.15, -0.1) is 0 Å². The van der Waals surface area contributed by atoms with E-state index in [-0.39, 0.29) is 12.0 Å². The fourth-order valence-corrected chi connectivity index (χ4v) is 2.36. The molecule has 1 rings (SSSR count). The maximum atomic E-state index is 12.1. The molecular formula is C14H25NO4. The molecule has 0 saturated carbocycles. The average molecular weight is 271 g/mol. The number of hydrogen-bond donors (Lipinski definition) is 1. The van der Waals surface area contributed by atoms with Crippen molar-refractivity contribution in [1.82, 2.24) is 4.90 Å². The van der Waals surface area contributed by atoms with E-state index < -0.39 is 12.0 Å². The molecule has 2 atom stereocenters. The van der Waals surface area contributed by atoms with Crippen molar-refractivity contribution in [2.75, 3.05) is 13.2 Å². The van der Waals surface area contributed by atoms with E-state index >= 15 is 0 Å². The minimum absolute atomic E-state index is 0.0633. The van der Waals surface area contributed by atoms with Crippen LogP contribution >= 0.6 is 0 Å². The van der Waals surface area contributed by atoms with E-state index in [1.165, 1.54) is 4.90 Å². The molecule has 0 aromatic carbocycles. The number of carboxylic acids is 1. The summed E-state index contributed by atoms with van der Waals surface area (Å²) in [6.07, 6.45) is 2.62. The van der Waals surface area contributed by atoms with Gasteiger partial charge in [0.2, 0.25) is 5.91 Å². The molecule has 5 heteroatoms. The van der Waals surface area contributed by atoms with Crippen LogP contribution in [0.4, 0.5) is 0 Å². The second-order valence-electron chi connectivity index (χ2n) is 5.59. The Kier molecular flexibility index (Phi) is 6.28. The van der Waals surface area contributed by atoms with Crippen LogP contribution in [-0.2, 0) is 14.3 Å². The number of ether oxygens (including phenoxy) is 1. The molecule has 1 amide bonds. The van der Waals surface area contributed by atoms with Gasteiger partial charge in [-0.1, -0.05) is 6.92 Å². The van der Waals surface area contributed by atoms with Crippen LogP contribution in [0.2, 0.25) is 0 Å². The van der Waals surface area contributed by atoms with E-state index in [0.717, 1.165) is 6.42 Å². The number of aliphatic carboxylic acids is 1. The highest BCUT2D eigenvalue weighted by Gasteiger charge is 2.34. The lowest BCUT2D eigenvalue weighted by molar-refractivity contribution is -0.153. The number of likely N-dealkylation sites (tertiary alicyclic amines) is 1. The molecular weight excluding hydrogens is 246 g/mol. The quantitative estimate of drug-likeness (QED) is 0.749. The van der Waals surface area contributed by atoms with Gasteiger partial charge in [0.15, 0.2) is 0 Å². The van der Waals surface area contributed by atoms with Crippen molar-refractivity contribution < 1.29 is 19.4 Å². The van der Waals surface area contributed by atoms with Gasteiger partial charge in [0.25, 0.3) is 0 Å². The molecule has 5 nitrogen and oxygen atoms in total. The third kappa shape index (κ3) is 5.19. The van der Waals surface area contributed by atoms with E-state index in [1.54, 1.807) is 0 Å². The SMILES string of the molecule is CC1CCN(C(=O)CCCOC(C)C)C(C(=O)O)C1. The second-order valence-corrected chi connectivity index (χ2v) is 5.59. The Labute approximate surface area is 114 Å². The molecule has 1 aliphatic heterocycles. The Balaban J connectivity index is 2.43. The second kappa shape index (κ2) is 7.48. The number of carboxylic acid groups (broad SMARTS) is 1. The van der Waals surface area contributed by atoms with E-state index in [0.29, 0.717) is 38.3 Å². The van der Waals surface area contributed by atoms with Gasteiger partial charge < -0.3 is 14.7 Å². The fourth-order valence-electron chi connectivity index (χ4n) is 2.36. The molecule has 0 aromatic rings. The largest absolute Gasteiger partial charge is 0.480 e. The van der Waals surface area contributed by atoms with Crippen molar-refractivity contribution in [3.8, 4) is 0 Å². The monoisotopic (exact) mass is 271 g/mol. The van der Waals surface area contributed by atoms with Crippen LogP contribution in [0.15, 0.2) is 0 Å². The summed E-state index contributed by atoms with van der Waals surface area (Å²) in [4.78, 5) is 24.8. The summed E-state index contributed by atoms with van der Waals surface area (Å²) in [7, 11) is 0. The third-order valence-corrected chi connectivity index (χ3v) is 3.46. The summed E-state index contributed by atoms with van der Waals surface area (Å²) in [6.45, 7) is 7.05. The van der Waals surface area contributed by atoms with E-state index in [2.05, 4.69) is 0 Å². The third-order valence-electron chi connectivity index (χ3n) is 3.46. The Morgan fingerprint density at radius 1 is 1.42 bits per heavy atom. The Hall–Kier alpha value is -1.10. The lowest BCUT2D eigenvalue weighted by Gasteiger charge is -2.36. The summed E-state index contributed by atoms with van der Waals surface area (Å²) >= 11 is 0. The number of piperidine rings is 1. The number of carbonyl (C=O) groups excluding carboxylic acids is 1.